The summed E-state index contributed by atoms with van der Waals surface area (Å²) in [6, 6.07) is 10.3. The molecule has 5 nitrogen and oxygen atoms in total. The van der Waals surface area contributed by atoms with Crippen LogP contribution in [-0.4, -0.2) is 45.5 Å². The molecule has 2 heterocycles. The molecule has 0 aliphatic heterocycles. The molecule has 0 aliphatic rings. The minimum Gasteiger partial charge on any atom is -0.395 e. The number of hydrogen-bond donors (Lipinski definition) is 1. The first-order chi connectivity index (χ1) is 12.4. The van der Waals surface area contributed by atoms with Crippen molar-refractivity contribution in [3.05, 3.63) is 58.9 Å². The normalized spacial score (nSPS) is 11.1. The topological polar surface area (TPSA) is 57.8 Å². The fourth-order valence-electron chi connectivity index (χ4n) is 3.09. The van der Waals surface area contributed by atoms with E-state index in [1.54, 1.807) is 11.9 Å². The summed E-state index contributed by atoms with van der Waals surface area (Å²) in [6.45, 7) is 6.48. The average molecular weight is 351 g/mol. The number of carbonyl (C=O) groups is 1. The number of nitrogens with zero attached hydrogens (tertiary/aromatic N) is 3. The quantitative estimate of drug-likeness (QED) is 0.769. The van der Waals surface area contributed by atoms with Gasteiger partial charge in [-0.1, -0.05) is 18.2 Å². The highest BCUT2D eigenvalue weighted by Gasteiger charge is 2.20. The Balaban J connectivity index is 2.14. The molecule has 3 aromatic rings. The standard InChI is InChI=1S/C21H25N3O2/c1-14-7-8-17(12-16(14)3)20-18(13-19(26)23(4)10-11-25)24-9-5-6-15(2)21(24)22-20/h5-9,12,25H,10-11,13H2,1-4H3. The number of carbonyl (C=O) groups excluding carboxylic acids is 1. The highest BCUT2D eigenvalue weighted by atomic mass is 16.3. The molecule has 0 radical (unpaired) electrons. The lowest BCUT2D eigenvalue weighted by molar-refractivity contribution is -0.129. The fourth-order valence-corrected chi connectivity index (χ4v) is 3.09. The smallest absolute Gasteiger partial charge is 0.228 e. The Hall–Kier alpha value is -2.66. The van der Waals surface area contributed by atoms with Crippen molar-refractivity contribution < 1.29 is 9.90 Å². The Kier molecular flexibility index (Phi) is 5.09. The van der Waals surface area contributed by atoms with Gasteiger partial charge in [-0.05, 0) is 49.6 Å². The van der Waals surface area contributed by atoms with Gasteiger partial charge in [0.1, 0.15) is 5.65 Å². The summed E-state index contributed by atoms with van der Waals surface area (Å²) in [4.78, 5) is 19.0. The third-order valence-corrected chi connectivity index (χ3v) is 4.90. The lowest BCUT2D eigenvalue weighted by Crippen LogP contribution is -2.31. The van der Waals surface area contributed by atoms with Crippen molar-refractivity contribution in [2.75, 3.05) is 20.2 Å². The maximum atomic E-state index is 12.6. The molecule has 0 spiro atoms. The molecular weight excluding hydrogens is 326 g/mol. The van der Waals surface area contributed by atoms with Crippen LogP contribution in [0, 0.1) is 20.8 Å². The lowest BCUT2D eigenvalue weighted by atomic mass is 10.0. The first-order valence-electron chi connectivity index (χ1n) is 8.81. The molecule has 0 unspecified atom stereocenters. The molecule has 3 rings (SSSR count). The average Bonchev–Trinajstić information content (AvgIpc) is 2.97. The van der Waals surface area contributed by atoms with E-state index in [0.717, 1.165) is 28.2 Å². The maximum Gasteiger partial charge on any atom is 0.228 e. The van der Waals surface area contributed by atoms with Crippen LogP contribution in [0.4, 0.5) is 0 Å². The van der Waals surface area contributed by atoms with Gasteiger partial charge in [-0.2, -0.15) is 0 Å². The van der Waals surface area contributed by atoms with Crippen LogP contribution in [-0.2, 0) is 11.2 Å². The zero-order valence-electron chi connectivity index (χ0n) is 15.8. The van der Waals surface area contributed by atoms with E-state index in [4.69, 9.17) is 10.1 Å². The second kappa shape index (κ2) is 7.30. The number of aromatic nitrogens is 2. The van der Waals surface area contributed by atoms with Gasteiger partial charge in [-0.15, -0.1) is 0 Å². The first-order valence-corrected chi connectivity index (χ1v) is 8.81. The molecule has 1 aromatic carbocycles. The summed E-state index contributed by atoms with van der Waals surface area (Å²) < 4.78 is 2.00. The molecule has 26 heavy (non-hydrogen) atoms. The number of aryl methyl sites for hydroxylation is 3. The molecule has 0 aliphatic carbocycles. The molecule has 2 aromatic heterocycles. The maximum absolute atomic E-state index is 12.6. The van der Waals surface area contributed by atoms with E-state index < -0.39 is 0 Å². The van der Waals surface area contributed by atoms with Gasteiger partial charge in [0.15, 0.2) is 0 Å². The molecule has 1 N–H and O–H groups in total. The molecule has 5 heteroatoms. The van der Waals surface area contributed by atoms with Crippen molar-refractivity contribution in [1.82, 2.24) is 14.3 Å². The van der Waals surface area contributed by atoms with Gasteiger partial charge in [0.2, 0.25) is 5.91 Å². The first kappa shape index (κ1) is 18.1. The Bertz CT molecular complexity index is 959. The Morgan fingerprint density at radius 1 is 1.15 bits per heavy atom. The highest BCUT2D eigenvalue weighted by molar-refractivity contribution is 5.82. The number of aliphatic hydroxyl groups is 1. The molecule has 0 fully saturated rings. The zero-order chi connectivity index (χ0) is 18.8. The number of likely N-dealkylation sites (N-methyl/N-ethyl adjacent to an activating group) is 1. The number of aliphatic hydroxyl groups excluding tert-OH is 1. The summed E-state index contributed by atoms with van der Waals surface area (Å²) in [5, 5.41) is 9.10. The molecule has 0 saturated carbocycles. The van der Waals surface area contributed by atoms with Crippen molar-refractivity contribution in [2.24, 2.45) is 0 Å². The number of imidazole rings is 1. The Labute approximate surface area is 153 Å². The lowest BCUT2D eigenvalue weighted by Gasteiger charge is -2.16. The SMILES string of the molecule is Cc1ccc(-c2nc3c(C)cccn3c2CC(=O)N(C)CCO)cc1C. The third-order valence-electron chi connectivity index (χ3n) is 4.90. The van der Waals surface area contributed by atoms with E-state index in [2.05, 4.69) is 32.0 Å². The summed E-state index contributed by atoms with van der Waals surface area (Å²) >= 11 is 0. The van der Waals surface area contributed by atoms with E-state index in [-0.39, 0.29) is 18.9 Å². The van der Waals surface area contributed by atoms with Gasteiger partial charge in [0.05, 0.1) is 24.4 Å². The van der Waals surface area contributed by atoms with E-state index in [1.807, 2.05) is 29.7 Å². The summed E-state index contributed by atoms with van der Waals surface area (Å²) in [7, 11) is 1.71. The number of rotatable bonds is 5. The Morgan fingerprint density at radius 2 is 1.92 bits per heavy atom. The predicted octanol–water partition coefficient (Wildman–Crippen LogP) is 2.92. The number of hydrogen-bond acceptors (Lipinski definition) is 3. The van der Waals surface area contributed by atoms with Crippen molar-refractivity contribution in [3.63, 3.8) is 0 Å². The van der Waals surface area contributed by atoms with Gasteiger partial charge in [0, 0.05) is 25.4 Å². The van der Waals surface area contributed by atoms with E-state index in [9.17, 15) is 4.79 Å². The van der Waals surface area contributed by atoms with Crippen molar-refractivity contribution in [3.8, 4) is 11.3 Å². The van der Waals surface area contributed by atoms with Gasteiger partial charge < -0.3 is 14.4 Å². The minimum absolute atomic E-state index is 0.0348. The molecule has 0 atom stereocenters. The van der Waals surface area contributed by atoms with Crippen LogP contribution in [0.25, 0.3) is 16.9 Å². The third kappa shape index (κ3) is 3.35. The van der Waals surface area contributed by atoms with Crippen LogP contribution in [0.3, 0.4) is 0 Å². The summed E-state index contributed by atoms with van der Waals surface area (Å²) in [5.74, 6) is -0.0348. The van der Waals surface area contributed by atoms with Crippen molar-refractivity contribution >= 4 is 11.6 Å². The number of amides is 1. The van der Waals surface area contributed by atoms with Gasteiger partial charge in [0.25, 0.3) is 0 Å². The van der Waals surface area contributed by atoms with Crippen LogP contribution in [0.5, 0.6) is 0 Å². The van der Waals surface area contributed by atoms with Crippen molar-refractivity contribution in [2.45, 2.75) is 27.2 Å². The van der Waals surface area contributed by atoms with Crippen molar-refractivity contribution in [1.29, 1.82) is 0 Å². The van der Waals surface area contributed by atoms with Gasteiger partial charge in [-0.3, -0.25) is 4.79 Å². The molecule has 136 valence electrons. The van der Waals surface area contributed by atoms with E-state index >= 15 is 0 Å². The summed E-state index contributed by atoms with van der Waals surface area (Å²) in [5.41, 5.74) is 7.10. The van der Waals surface area contributed by atoms with E-state index in [0.29, 0.717) is 6.54 Å². The van der Waals surface area contributed by atoms with Gasteiger partial charge >= 0.3 is 0 Å². The highest BCUT2D eigenvalue weighted by Crippen LogP contribution is 2.28. The van der Waals surface area contributed by atoms with Crippen LogP contribution < -0.4 is 0 Å². The monoisotopic (exact) mass is 351 g/mol. The number of pyridine rings is 1. The van der Waals surface area contributed by atoms with E-state index in [1.165, 1.54) is 11.1 Å². The predicted molar refractivity (Wildman–Crippen MR) is 103 cm³/mol. The number of fused-ring (bicyclic) bond motifs is 1. The molecule has 1 amide bonds. The van der Waals surface area contributed by atoms with Crippen LogP contribution in [0.2, 0.25) is 0 Å². The second-order valence-electron chi connectivity index (χ2n) is 6.81. The van der Waals surface area contributed by atoms with Gasteiger partial charge in [-0.25, -0.2) is 4.98 Å². The zero-order valence-corrected chi connectivity index (χ0v) is 15.8. The minimum atomic E-state index is -0.0431. The molecule has 0 saturated heterocycles. The fraction of sp³-hybridized carbons (Fsp3) is 0.333. The summed E-state index contributed by atoms with van der Waals surface area (Å²) in [6.07, 6.45) is 2.19. The Morgan fingerprint density at radius 3 is 2.62 bits per heavy atom. The second-order valence-corrected chi connectivity index (χ2v) is 6.81. The largest absolute Gasteiger partial charge is 0.395 e. The van der Waals surface area contributed by atoms with Crippen LogP contribution >= 0.6 is 0 Å². The molecule has 0 bridgehead atoms. The molecular formula is C21H25N3O2. The number of benzene rings is 1. The van der Waals surface area contributed by atoms with Crippen LogP contribution in [0.1, 0.15) is 22.4 Å². The van der Waals surface area contributed by atoms with Crippen LogP contribution in [0.15, 0.2) is 36.5 Å².